The Labute approximate surface area is 118 Å². The van der Waals surface area contributed by atoms with Gasteiger partial charge in [-0.2, -0.15) is 0 Å². The van der Waals surface area contributed by atoms with Gasteiger partial charge in [0, 0.05) is 24.7 Å². The summed E-state index contributed by atoms with van der Waals surface area (Å²) in [6, 6.07) is 15.4. The number of hydrogen-bond donors (Lipinski definition) is 1. The molecule has 1 aliphatic heterocycles. The fraction of sp³-hybridized carbons (Fsp3) is 0.250. The lowest BCUT2D eigenvalue weighted by molar-refractivity contribution is 1.11. The van der Waals surface area contributed by atoms with Crippen molar-refractivity contribution in [3.8, 4) is 0 Å². The first-order valence-electron chi connectivity index (χ1n) is 6.44. The predicted octanol–water partition coefficient (Wildman–Crippen LogP) is 4.28. The molecule has 1 heterocycles. The molecule has 2 aromatic carbocycles. The van der Waals surface area contributed by atoms with Gasteiger partial charge in [0.2, 0.25) is 0 Å². The Balaban J connectivity index is 1.85. The zero-order valence-corrected chi connectivity index (χ0v) is 12.3. The summed E-state index contributed by atoms with van der Waals surface area (Å²) in [5.41, 5.74) is 5.11. The lowest BCUT2D eigenvalue weighted by Gasteiger charge is -2.13. The van der Waals surface area contributed by atoms with Crippen LogP contribution in [0, 0.1) is 6.92 Å². The van der Waals surface area contributed by atoms with Gasteiger partial charge in [0.15, 0.2) is 0 Å². The van der Waals surface area contributed by atoms with E-state index in [-0.39, 0.29) is 0 Å². The molecule has 19 heavy (non-hydrogen) atoms. The third-order valence-electron chi connectivity index (χ3n) is 3.39. The maximum Gasteiger partial charge on any atom is 0.103 e. The van der Waals surface area contributed by atoms with Crippen LogP contribution in [0.15, 0.2) is 47.4 Å². The number of aryl methyl sites for hydroxylation is 1. The van der Waals surface area contributed by atoms with Gasteiger partial charge >= 0.3 is 0 Å². The fourth-order valence-corrected chi connectivity index (χ4v) is 3.33. The summed E-state index contributed by atoms with van der Waals surface area (Å²) in [7, 11) is 4.14. The van der Waals surface area contributed by atoms with E-state index < -0.39 is 0 Å². The van der Waals surface area contributed by atoms with Gasteiger partial charge in [0.25, 0.3) is 0 Å². The minimum Gasteiger partial charge on any atom is -0.378 e. The molecule has 0 saturated carbocycles. The van der Waals surface area contributed by atoms with Crippen molar-refractivity contribution in [1.82, 2.24) is 0 Å². The van der Waals surface area contributed by atoms with Gasteiger partial charge in [-0.3, -0.25) is 0 Å². The van der Waals surface area contributed by atoms with Gasteiger partial charge in [-0.05, 0) is 30.7 Å². The lowest BCUT2D eigenvalue weighted by atomic mass is 10.1. The van der Waals surface area contributed by atoms with Gasteiger partial charge < -0.3 is 10.2 Å². The summed E-state index contributed by atoms with van der Waals surface area (Å²) in [5.74, 6) is 0. The molecule has 1 aliphatic rings. The first-order valence-corrected chi connectivity index (χ1v) is 7.32. The molecule has 98 valence electrons. The highest BCUT2D eigenvalue weighted by Crippen LogP contribution is 2.47. The summed E-state index contributed by atoms with van der Waals surface area (Å²) in [6.07, 6.45) is 0. The molecule has 3 heteroatoms. The zero-order chi connectivity index (χ0) is 13.4. The summed E-state index contributed by atoms with van der Waals surface area (Å²) < 4.78 is 0. The van der Waals surface area contributed by atoms with Crippen molar-refractivity contribution in [2.24, 2.45) is 0 Å². The van der Waals surface area contributed by atoms with Gasteiger partial charge in [-0.15, -0.1) is 0 Å². The van der Waals surface area contributed by atoms with Gasteiger partial charge in [0.05, 0.1) is 5.69 Å². The summed E-state index contributed by atoms with van der Waals surface area (Å²) in [6.45, 7) is 2.12. The van der Waals surface area contributed by atoms with Crippen molar-refractivity contribution < 1.29 is 0 Å². The number of thioether (sulfide) groups is 1. The summed E-state index contributed by atoms with van der Waals surface area (Å²) >= 11 is 1.89. The van der Waals surface area contributed by atoms with Crippen molar-refractivity contribution in [2.75, 3.05) is 24.3 Å². The summed E-state index contributed by atoms with van der Waals surface area (Å²) in [5, 5.41) is 3.93. The second kappa shape index (κ2) is 4.82. The first-order chi connectivity index (χ1) is 9.13. The molecule has 0 fully saturated rings. The first kappa shape index (κ1) is 12.4. The fourth-order valence-electron chi connectivity index (χ4n) is 2.20. The van der Waals surface area contributed by atoms with E-state index in [1.54, 1.807) is 0 Å². The number of rotatable bonds is 2. The summed E-state index contributed by atoms with van der Waals surface area (Å²) in [4.78, 5) is 3.46. The molecular formula is C16H18N2S. The van der Waals surface area contributed by atoms with Crippen molar-refractivity contribution >= 4 is 23.1 Å². The average Bonchev–Trinajstić information content (AvgIpc) is 2.82. The third kappa shape index (κ3) is 2.43. The highest BCUT2D eigenvalue weighted by atomic mass is 32.2. The van der Waals surface area contributed by atoms with Crippen LogP contribution in [0.2, 0.25) is 0 Å². The van der Waals surface area contributed by atoms with E-state index in [0.717, 1.165) is 0 Å². The van der Waals surface area contributed by atoms with E-state index in [2.05, 4.69) is 73.7 Å². The Morgan fingerprint density at radius 3 is 2.47 bits per heavy atom. The van der Waals surface area contributed by atoms with Crippen LogP contribution in [-0.4, -0.2) is 14.1 Å². The van der Waals surface area contributed by atoms with Gasteiger partial charge in [-0.1, -0.05) is 41.6 Å². The second-order valence-corrected chi connectivity index (χ2v) is 6.27. The molecule has 1 atom stereocenters. The minimum absolute atomic E-state index is 0.327. The van der Waals surface area contributed by atoms with Crippen LogP contribution in [0.3, 0.4) is 0 Å². The monoisotopic (exact) mass is 270 g/mol. The van der Waals surface area contributed by atoms with E-state index in [9.17, 15) is 0 Å². The van der Waals surface area contributed by atoms with Gasteiger partial charge in [0.1, 0.15) is 5.37 Å². The number of benzene rings is 2. The van der Waals surface area contributed by atoms with E-state index in [1.807, 2.05) is 11.8 Å². The topological polar surface area (TPSA) is 15.3 Å². The van der Waals surface area contributed by atoms with E-state index in [1.165, 1.54) is 27.4 Å². The standard InChI is InChI=1S/C16H18N2S/c1-11-4-6-12(7-5-11)16-17-14-10-13(18(2)3)8-9-15(14)19-16/h4-10,16-17H,1-3H3. The molecule has 0 amide bonds. The molecule has 0 aliphatic carbocycles. The Bertz CT molecular complexity index is 590. The van der Waals surface area contributed by atoms with Crippen LogP contribution in [0.4, 0.5) is 11.4 Å². The van der Waals surface area contributed by atoms with Crippen molar-refractivity contribution in [2.45, 2.75) is 17.2 Å². The van der Waals surface area contributed by atoms with Crippen LogP contribution in [-0.2, 0) is 0 Å². The van der Waals surface area contributed by atoms with E-state index in [0.29, 0.717) is 5.37 Å². The number of nitrogens with zero attached hydrogens (tertiary/aromatic N) is 1. The van der Waals surface area contributed by atoms with Crippen LogP contribution in [0.5, 0.6) is 0 Å². The maximum absolute atomic E-state index is 3.60. The number of nitrogens with one attached hydrogen (secondary N) is 1. The van der Waals surface area contributed by atoms with Crippen LogP contribution in [0.1, 0.15) is 16.5 Å². The predicted molar refractivity (Wildman–Crippen MR) is 84.2 cm³/mol. The quantitative estimate of drug-likeness (QED) is 0.877. The number of anilines is 2. The second-order valence-electron chi connectivity index (χ2n) is 5.13. The Kier molecular flexibility index (Phi) is 3.15. The smallest absolute Gasteiger partial charge is 0.103 e. The Hall–Kier alpha value is -1.61. The number of hydrogen-bond acceptors (Lipinski definition) is 3. The molecule has 0 radical (unpaired) electrons. The molecule has 0 saturated heterocycles. The molecule has 3 rings (SSSR count). The highest BCUT2D eigenvalue weighted by Gasteiger charge is 2.23. The SMILES string of the molecule is Cc1ccc(C2Nc3cc(N(C)C)ccc3S2)cc1. The lowest BCUT2D eigenvalue weighted by Crippen LogP contribution is -2.08. The molecule has 0 bridgehead atoms. The third-order valence-corrected chi connectivity index (χ3v) is 4.63. The highest BCUT2D eigenvalue weighted by molar-refractivity contribution is 8.00. The largest absolute Gasteiger partial charge is 0.378 e. The zero-order valence-electron chi connectivity index (χ0n) is 11.5. The van der Waals surface area contributed by atoms with E-state index in [4.69, 9.17) is 0 Å². The van der Waals surface area contributed by atoms with Gasteiger partial charge in [-0.25, -0.2) is 0 Å². The molecule has 2 nitrogen and oxygen atoms in total. The van der Waals surface area contributed by atoms with Crippen LogP contribution in [0.25, 0.3) is 0 Å². The normalized spacial score (nSPS) is 16.9. The van der Waals surface area contributed by atoms with Crippen LogP contribution < -0.4 is 10.2 Å². The molecule has 0 aromatic heterocycles. The van der Waals surface area contributed by atoms with Crippen molar-refractivity contribution in [3.05, 3.63) is 53.6 Å². The minimum atomic E-state index is 0.327. The molecule has 0 spiro atoms. The van der Waals surface area contributed by atoms with Crippen LogP contribution >= 0.6 is 11.8 Å². The molecule has 1 unspecified atom stereocenters. The Morgan fingerprint density at radius 1 is 1.05 bits per heavy atom. The molecule has 1 N–H and O–H groups in total. The Morgan fingerprint density at radius 2 is 1.79 bits per heavy atom. The molecular weight excluding hydrogens is 252 g/mol. The molecule has 2 aromatic rings. The van der Waals surface area contributed by atoms with Crippen molar-refractivity contribution in [1.29, 1.82) is 0 Å². The average molecular weight is 270 g/mol. The van der Waals surface area contributed by atoms with E-state index >= 15 is 0 Å². The number of fused-ring (bicyclic) bond motifs is 1. The maximum atomic E-state index is 3.60. The van der Waals surface area contributed by atoms with Crippen molar-refractivity contribution in [3.63, 3.8) is 0 Å².